The molecule has 1 fully saturated rings. The molecule has 1 saturated heterocycles. The summed E-state index contributed by atoms with van der Waals surface area (Å²) >= 11 is 0. The predicted octanol–water partition coefficient (Wildman–Crippen LogP) is 6.92. The largest absolute Gasteiger partial charge is 0.482 e. The third-order valence-corrected chi connectivity index (χ3v) is 14.1. The Morgan fingerprint density at radius 2 is 1.70 bits per heavy atom. The summed E-state index contributed by atoms with van der Waals surface area (Å²) in [6, 6.07) is 14.9. The second-order valence-electron chi connectivity index (χ2n) is 20.9. The van der Waals surface area contributed by atoms with Crippen molar-refractivity contribution >= 4 is 41.2 Å². The van der Waals surface area contributed by atoms with Gasteiger partial charge in [-0.3, -0.25) is 24.0 Å². The van der Waals surface area contributed by atoms with Crippen LogP contribution in [0.3, 0.4) is 0 Å². The van der Waals surface area contributed by atoms with Crippen LogP contribution in [0.1, 0.15) is 144 Å². The van der Waals surface area contributed by atoms with Crippen LogP contribution in [0.4, 0.5) is 11.6 Å². The molecule has 4 heterocycles. The Hall–Kier alpha value is -6.84. The van der Waals surface area contributed by atoms with Gasteiger partial charge in [-0.05, 0) is 88.7 Å². The Bertz CT molecular complexity index is 2640. The number of pyridine rings is 1. The first-order chi connectivity index (χ1) is 35.3. The monoisotopic (exact) mass is 1010 g/mol. The van der Waals surface area contributed by atoms with Gasteiger partial charge in [-0.1, -0.05) is 108 Å². The van der Waals surface area contributed by atoms with E-state index in [9.17, 15) is 24.0 Å². The summed E-state index contributed by atoms with van der Waals surface area (Å²) in [5.41, 5.74) is 10.5. The molecule has 2 aromatic heterocycles. The number of aryl methyl sites for hydroxylation is 1. The number of nitrogens with one attached hydrogen (secondary N) is 5. The SMILES string of the molecule is [C-]#[N+]c1c2c(nn1CCNC(=O)CCCCCCCCN[C@H]1C[C@@H](C(=O)N[C@H](CC)c3ccccc3)N(C(=O)[C@@H](NC(=O)[C@H](C)NC)C(C)(C)C)C1)CN(C)C(=O)c1ccc(C)cc1[C@@H](C)Oc1cc-2cnc1N. The average molecular weight is 1020 g/mol. The van der Waals surface area contributed by atoms with Crippen molar-refractivity contribution in [3.8, 4) is 16.9 Å². The summed E-state index contributed by atoms with van der Waals surface area (Å²) in [5.74, 6) is -0.262. The van der Waals surface area contributed by atoms with E-state index >= 15 is 0 Å². The van der Waals surface area contributed by atoms with Crippen LogP contribution in [0.5, 0.6) is 5.75 Å². The number of hydrogen-bond donors (Lipinski definition) is 6. The minimum atomic E-state index is -0.830. The zero-order valence-electron chi connectivity index (χ0n) is 44.8. The Balaban J connectivity index is 0.969. The van der Waals surface area contributed by atoms with Crippen molar-refractivity contribution in [1.82, 2.24) is 51.1 Å². The lowest BCUT2D eigenvalue weighted by atomic mass is 9.85. The van der Waals surface area contributed by atoms with Crippen LogP contribution >= 0.6 is 0 Å². The second-order valence-corrected chi connectivity index (χ2v) is 20.9. The second kappa shape index (κ2) is 25.9. The van der Waals surface area contributed by atoms with Crippen LogP contribution in [-0.4, -0.2) is 112 Å². The van der Waals surface area contributed by atoms with E-state index in [-0.39, 0.29) is 72.9 Å². The Labute approximate surface area is 437 Å². The van der Waals surface area contributed by atoms with Crippen molar-refractivity contribution in [3.05, 3.63) is 100 Å². The fraction of sp³-hybridized carbons (Fsp3) is 0.536. The van der Waals surface area contributed by atoms with Crippen molar-refractivity contribution in [2.45, 2.75) is 156 Å². The maximum absolute atomic E-state index is 14.4. The van der Waals surface area contributed by atoms with Gasteiger partial charge in [0.2, 0.25) is 23.6 Å². The molecule has 6 atom stereocenters. The molecular weight excluding hydrogens is 937 g/mol. The number of anilines is 1. The fourth-order valence-corrected chi connectivity index (χ4v) is 9.71. The summed E-state index contributed by atoms with van der Waals surface area (Å²) in [5, 5.41) is 20.6. The number of aromatic nitrogens is 3. The molecule has 4 aromatic rings. The van der Waals surface area contributed by atoms with Gasteiger partial charge in [0, 0.05) is 48.9 Å². The molecule has 398 valence electrons. The summed E-state index contributed by atoms with van der Waals surface area (Å²) in [7, 11) is 3.41. The minimum Gasteiger partial charge on any atom is -0.482 e. The number of likely N-dealkylation sites (N-methyl/N-ethyl adjacent to an activating group) is 1. The Morgan fingerprint density at radius 3 is 2.39 bits per heavy atom. The van der Waals surface area contributed by atoms with Gasteiger partial charge in [-0.25, -0.2) is 4.98 Å². The molecule has 18 nitrogen and oxygen atoms in total. The summed E-state index contributed by atoms with van der Waals surface area (Å²) in [6.45, 7) is 23.2. The molecule has 0 aliphatic carbocycles. The van der Waals surface area contributed by atoms with Gasteiger partial charge < -0.3 is 51.7 Å². The number of likely N-dealkylation sites (tertiary alicyclic amines) is 1. The summed E-state index contributed by atoms with van der Waals surface area (Å²) in [4.78, 5) is 79.9. The third-order valence-electron chi connectivity index (χ3n) is 14.1. The number of fused-ring (bicyclic) bond motifs is 5. The first kappa shape index (κ1) is 56.5. The standard InChI is InChI=1S/C56H78N12O6/c1-11-43(38-21-17-16-18-22-38)63-53(71)45-31-40(33-67(45)55(73)49(56(5,6)7)64-52(70)36(3)58-8)60-26-20-15-13-12-14-19-23-47(69)61-27-28-68-51(59-9)48-39-30-46(50(57)62-32-39)74-37(4)42-29-35(2)24-25-41(42)54(72)66(10)34-44(48)65-68/h16-18,21-22,24-25,29-30,32,36-37,40,43,45,49,58,60H,11-15,19-20,23,26-28,31,33-34H2,1-8,10H3,(H2,57,62)(H,61,69)(H,63,71)(H,64,70)/t36-,37+,40-,43+,45-,49+/m0/s1. The number of amides is 5. The first-order valence-electron chi connectivity index (χ1n) is 26.2. The lowest BCUT2D eigenvalue weighted by molar-refractivity contribution is -0.144. The lowest BCUT2D eigenvalue weighted by Crippen LogP contribution is -2.59. The quantitative estimate of drug-likeness (QED) is 0.0371. The van der Waals surface area contributed by atoms with Gasteiger partial charge in [-0.15, -0.1) is 5.10 Å². The highest BCUT2D eigenvalue weighted by Crippen LogP contribution is 2.39. The number of rotatable bonds is 21. The van der Waals surface area contributed by atoms with Crippen LogP contribution in [-0.2, 0) is 32.3 Å². The van der Waals surface area contributed by atoms with Crippen molar-refractivity contribution in [1.29, 1.82) is 0 Å². The zero-order valence-corrected chi connectivity index (χ0v) is 44.8. The van der Waals surface area contributed by atoms with Gasteiger partial charge in [-0.2, -0.15) is 4.68 Å². The number of carbonyl (C=O) groups is 5. The van der Waals surface area contributed by atoms with Gasteiger partial charge >= 0.3 is 0 Å². The molecule has 5 amide bonds. The van der Waals surface area contributed by atoms with Gasteiger partial charge in [0.05, 0.1) is 25.2 Å². The molecule has 0 saturated carbocycles. The van der Waals surface area contributed by atoms with E-state index in [1.165, 1.54) is 0 Å². The van der Waals surface area contributed by atoms with E-state index in [1.54, 1.807) is 53.8 Å². The number of ether oxygens (including phenoxy) is 1. The van der Waals surface area contributed by atoms with E-state index in [1.807, 2.05) is 84.0 Å². The van der Waals surface area contributed by atoms with Gasteiger partial charge in [0.1, 0.15) is 30.4 Å². The van der Waals surface area contributed by atoms with Gasteiger partial charge in [0.25, 0.3) is 11.7 Å². The van der Waals surface area contributed by atoms with E-state index in [4.69, 9.17) is 22.1 Å². The molecule has 74 heavy (non-hydrogen) atoms. The number of unbranched alkanes of at least 4 members (excludes halogenated alkanes) is 5. The van der Waals surface area contributed by atoms with Crippen LogP contribution < -0.4 is 37.1 Å². The molecule has 6 rings (SSSR count). The van der Waals surface area contributed by atoms with Crippen molar-refractivity contribution in [2.24, 2.45) is 5.41 Å². The smallest absolute Gasteiger partial charge is 0.260 e. The molecule has 7 N–H and O–H groups in total. The van der Waals surface area contributed by atoms with Crippen LogP contribution in [0, 0.1) is 18.9 Å². The van der Waals surface area contributed by atoms with E-state index in [0.717, 1.165) is 61.8 Å². The summed E-state index contributed by atoms with van der Waals surface area (Å²) in [6.07, 6.45) is 8.14. The molecule has 18 heteroatoms. The van der Waals surface area contributed by atoms with Crippen LogP contribution in [0.25, 0.3) is 16.0 Å². The van der Waals surface area contributed by atoms with Crippen molar-refractivity contribution in [3.63, 3.8) is 0 Å². The number of nitrogens with zero attached hydrogens (tertiary/aromatic N) is 6. The third kappa shape index (κ3) is 14.3. The number of hydrogen-bond acceptors (Lipinski definition) is 11. The predicted molar refractivity (Wildman–Crippen MR) is 287 cm³/mol. The number of nitrogens with two attached hydrogens (primary N) is 1. The molecule has 2 bridgehead atoms. The topological polar surface area (TPSA) is 222 Å². The maximum Gasteiger partial charge on any atom is 0.260 e. The number of benzene rings is 2. The normalized spacial score (nSPS) is 17.8. The highest BCUT2D eigenvalue weighted by molar-refractivity contribution is 5.96. The highest BCUT2D eigenvalue weighted by atomic mass is 16.5. The maximum atomic E-state index is 14.4. The molecule has 0 unspecified atom stereocenters. The minimum absolute atomic E-state index is 0.0764. The van der Waals surface area contributed by atoms with Crippen LogP contribution in [0.15, 0.2) is 60.8 Å². The van der Waals surface area contributed by atoms with E-state index in [0.29, 0.717) is 53.9 Å². The van der Waals surface area contributed by atoms with Crippen molar-refractivity contribution in [2.75, 3.05) is 39.5 Å². The van der Waals surface area contributed by atoms with Crippen LogP contribution in [0.2, 0.25) is 0 Å². The van der Waals surface area contributed by atoms with Gasteiger partial charge in [0.15, 0.2) is 11.6 Å². The highest BCUT2D eigenvalue weighted by Gasteiger charge is 2.45. The molecule has 2 aromatic carbocycles. The Morgan fingerprint density at radius 1 is 0.986 bits per heavy atom. The van der Waals surface area contributed by atoms with Crippen molar-refractivity contribution < 1.29 is 28.7 Å². The molecule has 2 aliphatic rings. The molecule has 2 aliphatic heterocycles. The first-order valence-corrected chi connectivity index (χ1v) is 26.2. The lowest BCUT2D eigenvalue weighted by Gasteiger charge is -2.36. The molecule has 0 radical (unpaired) electrons. The number of nitrogen functional groups attached to an aromatic ring is 1. The molecular formula is C56H78N12O6. The average Bonchev–Trinajstić information content (AvgIpc) is 3.97. The van der Waals surface area contributed by atoms with E-state index in [2.05, 4.69) is 36.4 Å². The number of carbonyl (C=O) groups excluding carboxylic acids is 5. The zero-order chi connectivity index (χ0) is 53.7. The fourth-order valence-electron chi connectivity index (χ4n) is 9.71. The summed E-state index contributed by atoms with van der Waals surface area (Å²) < 4.78 is 7.89. The Kier molecular flexibility index (Phi) is 19.8. The molecule has 0 spiro atoms. The van der Waals surface area contributed by atoms with E-state index < -0.39 is 29.6 Å².